The number of rotatable bonds is 5. The Kier molecular flexibility index (Phi) is 4.98. The van der Waals surface area contributed by atoms with Crippen LogP contribution >= 0.6 is 11.3 Å². The number of hydroxylamine groups is 2. The second-order valence-corrected chi connectivity index (χ2v) is 9.35. The minimum absolute atomic E-state index is 0.00862. The number of hydrogen-bond acceptors (Lipinski definition) is 8. The van der Waals surface area contributed by atoms with Crippen molar-refractivity contribution in [1.82, 2.24) is 25.2 Å². The average Bonchev–Trinajstić information content (AvgIpc) is 3.40. The number of H-pyrrole nitrogens is 1. The van der Waals surface area contributed by atoms with Crippen molar-refractivity contribution in [3.8, 4) is 5.75 Å². The fourth-order valence-corrected chi connectivity index (χ4v) is 5.77. The summed E-state index contributed by atoms with van der Waals surface area (Å²) < 4.78 is 5.58. The Morgan fingerprint density at radius 1 is 1.31 bits per heavy atom. The van der Waals surface area contributed by atoms with Gasteiger partial charge >= 0.3 is 0 Å². The molecule has 0 unspecified atom stereocenters. The summed E-state index contributed by atoms with van der Waals surface area (Å²) in [5.41, 5.74) is 2.41. The molecule has 0 aliphatic heterocycles. The SMILES string of the molecule is COc1cc2[nH]ncc2cc1Nc1ncnc2sc3c(c12)CC[C@@](C)(C(=O)N(C)OC)C3. The van der Waals surface area contributed by atoms with E-state index in [0.717, 1.165) is 45.5 Å². The largest absolute Gasteiger partial charge is 0.494 e. The van der Waals surface area contributed by atoms with Gasteiger partial charge in [0.15, 0.2) is 0 Å². The maximum Gasteiger partial charge on any atom is 0.252 e. The van der Waals surface area contributed by atoms with Crippen molar-refractivity contribution in [3.05, 3.63) is 35.1 Å². The zero-order valence-corrected chi connectivity index (χ0v) is 19.2. The highest BCUT2D eigenvalue weighted by molar-refractivity contribution is 7.19. The molecular formula is C22H24N6O3S. The maximum absolute atomic E-state index is 12.9. The first kappa shape index (κ1) is 20.7. The summed E-state index contributed by atoms with van der Waals surface area (Å²) in [4.78, 5) is 29.2. The van der Waals surface area contributed by atoms with E-state index in [1.54, 1.807) is 38.0 Å². The van der Waals surface area contributed by atoms with E-state index in [1.807, 2.05) is 19.1 Å². The van der Waals surface area contributed by atoms with Crippen LogP contribution in [0.4, 0.5) is 11.5 Å². The zero-order valence-electron chi connectivity index (χ0n) is 18.4. The molecular weight excluding hydrogens is 428 g/mol. The van der Waals surface area contributed by atoms with E-state index in [9.17, 15) is 4.79 Å². The molecule has 0 radical (unpaired) electrons. The van der Waals surface area contributed by atoms with Gasteiger partial charge in [0.2, 0.25) is 0 Å². The van der Waals surface area contributed by atoms with Crippen molar-refractivity contribution < 1.29 is 14.4 Å². The fourth-order valence-electron chi connectivity index (χ4n) is 4.39. The Bertz CT molecular complexity index is 1330. The smallest absolute Gasteiger partial charge is 0.252 e. The molecule has 32 heavy (non-hydrogen) atoms. The average molecular weight is 453 g/mol. The number of nitrogens with one attached hydrogen (secondary N) is 2. The number of benzene rings is 1. The molecule has 166 valence electrons. The van der Waals surface area contributed by atoms with E-state index in [4.69, 9.17) is 9.57 Å². The van der Waals surface area contributed by atoms with Gasteiger partial charge in [-0.25, -0.2) is 15.0 Å². The number of carbonyl (C=O) groups excluding carboxylic acids is 1. The second kappa shape index (κ2) is 7.72. The molecule has 10 heteroatoms. The number of anilines is 2. The fraction of sp³-hybridized carbons (Fsp3) is 0.364. The summed E-state index contributed by atoms with van der Waals surface area (Å²) >= 11 is 1.63. The van der Waals surface area contributed by atoms with Crippen molar-refractivity contribution in [2.24, 2.45) is 5.41 Å². The van der Waals surface area contributed by atoms with E-state index in [0.29, 0.717) is 12.2 Å². The molecule has 0 bridgehead atoms. The van der Waals surface area contributed by atoms with Crippen LogP contribution in [-0.4, -0.2) is 52.4 Å². The maximum atomic E-state index is 12.9. The van der Waals surface area contributed by atoms with Gasteiger partial charge in [0, 0.05) is 23.4 Å². The summed E-state index contributed by atoms with van der Waals surface area (Å²) in [5, 5.41) is 13.8. The van der Waals surface area contributed by atoms with Gasteiger partial charge in [0.1, 0.15) is 22.7 Å². The molecule has 0 saturated carbocycles. The lowest BCUT2D eigenvalue weighted by molar-refractivity contribution is -0.180. The van der Waals surface area contributed by atoms with Gasteiger partial charge in [-0.3, -0.25) is 14.7 Å². The third-order valence-corrected chi connectivity index (χ3v) is 7.38. The number of amides is 1. The Morgan fingerprint density at radius 2 is 2.16 bits per heavy atom. The van der Waals surface area contributed by atoms with E-state index >= 15 is 0 Å². The first-order valence-electron chi connectivity index (χ1n) is 10.3. The van der Waals surface area contributed by atoms with Crippen LogP contribution in [0.1, 0.15) is 23.8 Å². The number of thiophene rings is 1. The molecule has 1 aliphatic rings. The molecule has 1 atom stereocenters. The van der Waals surface area contributed by atoms with Crippen LogP contribution in [0.25, 0.3) is 21.1 Å². The van der Waals surface area contributed by atoms with E-state index in [-0.39, 0.29) is 5.91 Å². The molecule has 9 nitrogen and oxygen atoms in total. The van der Waals surface area contributed by atoms with Gasteiger partial charge in [-0.05, 0) is 30.9 Å². The Balaban J connectivity index is 1.54. The molecule has 0 fully saturated rings. The number of ether oxygens (including phenoxy) is 1. The number of aromatic nitrogens is 4. The van der Waals surface area contributed by atoms with Crippen molar-refractivity contribution >= 4 is 49.9 Å². The lowest BCUT2D eigenvalue weighted by Gasteiger charge is -2.34. The molecule has 1 amide bonds. The first-order chi connectivity index (χ1) is 15.4. The first-order valence-corrected chi connectivity index (χ1v) is 11.1. The van der Waals surface area contributed by atoms with E-state index in [2.05, 4.69) is 25.5 Å². The zero-order chi connectivity index (χ0) is 22.5. The number of aryl methyl sites for hydroxylation is 1. The summed E-state index contributed by atoms with van der Waals surface area (Å²) in [6, 6.07) is 3.90. The third-order valence-electron chi connectivity index (χ3n) is 6.24. The second-order valence-electron chi connectivity index (χ2n) is 8.26. The van der Waals surface area contributed by atoms with Crippen molar-refractivity contribution in [2.75, 3.05) is 26.6 Å². The summed E-state index contributed by atoms with van der Waals surface area (Å²) in [6.07, 6.45) is 5.50. The molecule has 0 saturated heterocycles. The molecule has 2 N–H and O–H groups in total. The van der Waals surface area contributed by atoms with Crippen LogP contribution in [0.3, 0.4) is 0 Å². The molecule has 5 rings (SSSR count). The highest BCUT2D eigenvalue weighted by Crippen LogP contribution is 2.45. The number of carbonyl (C=O) groups is 1. The van der Waals surface area contributed by atoms with Crippen molar-refractivity contribution in [3.63, 3.8) is 0 Å². The van der Waals surface area contributed by atoms with E-state index < -0.39 is 5.41 Å². The normalized spacial score (nSPS) is 18.0. The monoisotopic (exact) mass is 452 g/mol. The topological polar surface area (TPSA) is 105 Å². The molecule has 0 spiro atoms. The van der Waals surface area contributed by atoms with Crippen LogP contribution in [0.5, 0.6) is 5.75 Å². The standard InChI is InChI=1S/C22H24N6O3S/c1-22(21(29)28(2)31-4)6-5-13-17(9-22)32-20-18(13)19(23-11-24-20)26-15-7-12-10-25-27-14(12)8-16(15)30-3/h7-8,10-11H,5-6,9H2,1-4H3,(H,25,27)(H,23,24,26)/t22-/m1/s1. The number of fused-ring (bicyclic) bond motifs is 4. The van der Waals surface area contributed by atoms with Crippen LogP contribution in [0.2, 0.25) is 0 Å². The van der Waals surface area contributed by atoms with Gasteiger partial charge in [0.05, 0.1) is 42.4 Å². The van der Waals surface area contributed by atoms with Gasteiger partial charge in [-0.1, -0.05) is 6.92 Å². The highest BCUT2D eigenvalue weighted by Gasteiger charge is 2.41. The predicted molar refractivity (Wildman–Crippen MR) is 123 cm³/mol. The quantitative estimate of drug-likeness (QED) is 0.443. The van der Waals surface area contributed by atoms with Crippen LogP contribution in [-0.2, 0) is 22.5 Å². The molecule has 1 aliphatic carbocycles. The Hall–Kier alpha value is -3.24. The van der Waals surface area contributed by atoms with Gasteiger partial charge < -0.3 is 10.1 Å². The molecule has 1 aromatic carbocycles. The number of hydrogen-bond donors (Lipinski definition) is 2. The predicted octanol–water partition coefficient (Wildman–Crippen LogP) is 3.83. The van der Waals surface area contributed by atoms with Crippen LogP contribution in [0, 0.1) is 5.41 Å². The summed E-state index contributed by atoms with van der Waals surface area (Å²) in [6.45, 7) is 2.01. The van der Waals surface area contributed by atoms with E-state index in [1.165, 1.54) is 22.6 Å². The summed E-state index contributed by atoms with van der Waals surface area (Å²) in [5.74, 6) is 1.42. The van der Waals surface area contributed by atoms with Crippen LogP contribution < -0.4 is 10.1 Å². The minimum Gasteiger partial charge on any atom is -0.494 e. The highest BCUT2D eigenvalue weighted by atomic mass is 32.1. The number of nitrogens with zero attached hydrogens (tertiary/aromatic N) is 4. The molecule has 4 aromatic rings. The number of methoxy groups -OCH3 is 1. The Labute approximate surface area is 188 Å². The van der Waals surface area contributed by atoms with Gasteiger partial charge in [-0.15, -0.1) is 11.3 Å². The van der Waals surface area contributed by atoms with Gasteiger partial charge in [0.25, 0.3) is 5.91 Å². The third kappa shape index (κ3) is 3.26. The molecule has 3 aromatic heterocycles. The van der Waals surface area contributed by atoms with Crippen molar-refractivity contribution in [1.29, 1.82) is 0 Å². The lowest BCUT2D eigenvalue weighted by atomic mass is 9.74. The van der Waals surface area contributed by atoms with Crippen LogP contribution in [0.15, 0.2) is 24.7 Å². The number of aromatic amines is 1. The molecule has 3 heterocycles. The minimum atomic E-state index is -0.505. The van der Waals surface area contributed by atoms with Gasteiger partial charge in [-0.2, -0.15) is 5.10 Å². The Morgan fingerprint density at radius 3 is 2.94 bits per heavy atom. The van der Waals surface area contributed by atoms with Crippen molar-refractivity contribution in [2.45, 2.75) is 26.2 Å². The lowest BCUT2D eigenvalue weighted by Crippen LogP contribution is -2.42. The summed E-state index contributed by atoms with van der Waals surface area (Å²) in [7, 11) is 4.81.